The number of amides is 1. The van der Waals surface area contributed by atoms with Crippen LogP contribution in [0.3, 0.4) is 0 Å². The lowest BCUT2D eigenvalue weighted by Gasteiger charge is -2.36. The lowest BCUT2D eigenvalue weighted by molar-refractivity contribution is -0.914. The lowest BCUT2D eigenvalue weighted by Crippen LogP contribution is -3.19. The normalized spacial score (nSPS) is 17.5. The highest BCUT2D eigenvalue weighted by atomic mass is 16.6. The highest BCUT2D eigenvalue weighted by molar-refractivity contribution is 5.94. The molecule has 0 saturated carbocycles. The molecule has 0 bridgehead atoms. The average Bonchev–Trinajstić information content (AvgIpc) is 2.78. The number of benzene rings is 2. The first-order valence-electron chi connectivity index (χ1n) is 10.1. The largest absolute Gasteiger partial charge is 0.495 e. The minimum absolute atomic E-state index is 0.0161. The highest BCUT2D eigenvalue weighted by Gasteiger charge is 2.30. The Morgan fingerprint density at radius 2 is 1.83 bits per heavy atom. The van der Waals surface area contributed by atoms with Gasteiger partial charge in [-0.2, -0.15) is 0 Å². The van der Waals surface area contributed by atoms with Gasteiger partial charge in [0.25, 0.3) is 5.91 Å². The molecule has 2 heterocycles. The highest BCUT2D eigenvalue weighted by Crippen LogP contribution is 2.32. The Kier molecular flexibility index (Phi) is 5.76. The van der Waals surface area contributed by atoms with Crippen LogP contribution in [0.1, 0.15) is 6.92 Å². The number of rotatable bonds is 5. The number of carbonyl (C=O) groups is 1. The maximum Gasteiger partial charge on any atom is 0.282 e. The van der Waals surface area contributed by atoms with E-state index in [4.69, 9.17) is 14.2 Å². The van der Waals surface area contributed by atoms with Gasteiger partial charge in [-0.3, -0.25) is 4.79 Å². The third kappa shape index (κ3) is 4.24. The van der Waals surface area contributed by atoms with Crippen molar-refractivity contribution in [1.82, 2.24) is 0 Å². The maximum absolute atomic E-state index is 12.8. The SMILES string of the molecule is COc1ccccc1N1CC[NH+]([C@H](C)C(=O)Nc2ccc3c(c2)OCCO3)CC1. The summed E-state index contributed by atoms with van der Waals surface area (Å²) >= 11 is 0. The van der Waals surface area contributed by atoms with Crippen molar-refractivity contribution in [2.24, 2.45) is 0 Å². The summed E-state index contributed by atoms with van der Waals surface area (Å²) in [5.41, 5.74) is 1.85. The molecular formula is C22H28N3O4+. The smallest absolute Gasteiger partial charge is 0.282 e. The van der Waals surface area contributed by atoms with Crippen LogP contribution in [0, 0.1) is 0 Å². The van der Waals surface area contributed by atoms with E-state index < -0.39 is 0 Å². The third-order valence-corrected chi connectivity index (χ3v) is 5.65. The number of anilines is 2. The summed E-state index contributed by atoms with van der Waals surface area (Å²) in [7, 11) is 1.70. The van der Waals surface area contributed by atoms with E-state index in [0.717, 1.165) is 49.1 Å². The molecule has 154 valence electrons. The average molecular weight is 398 g/mol. The Bertz CT molecular complexity index is 865. The molecular weight excluding hydrogens is 370 g/mol. The van der Waals surface area contributed by atoms with Crippen molar-refractivity contribution in [3.63, 3.8) is 0 Å². The van der Waals surface area contributed by atoms with Gasteiger partial charge in [0.1, 0.15) is 19.0 Å². The number of quaternary nitrogens is 1. The molecule has 2 N–H and O–H groups in total. The fraction of sp³-hybridized carbons (Fsp3) is 0.409. The lowest BCUT2D eigenvalue weighted by atomic mass is 10.1. The molecule has 0 unspecified atom stereocenters. The molecule has 1 amide bonds. The predicted octanol–water partition coefficient (Wildman–Crippen LogP) is 1.20. The molecule has 1 atom stereocenters. The Balaban J connectivity index is 1.34. The van der Waals surface area contributed by atoms with E-state index in [9.17, 15) is 4.79 Å². The molecule has 1 saturated heterocycles. The summed E-state index contributed by atoms with van der Waals surface area (Å²) in [4.78, 5) is 16.4. The van der Waals surface area contributed by atoms with Crippen LogP contribution >= 0.6 is 0 Å². The molecule has 7 nitrogen and oxygen atoms in total. The van der Waals surface area contributed by atoms with E-state index >= 15 is 0 Å². The van der Waals surface area contributed by atoms with Gasteiger partial charge < -0.3 is 29.3 Å². The van der Waals surface area contributed by atoms with Crippen LogP contribution in [0.4, 0.5) is 11.4 Å². The Labute approximate surface area is 171 Å². The van der Waals surface area contributed by atoms with Crippen molar-refractivity contribution in [2.75, 3.05) is 56.7 Å². The van der Waals surface area contributed by atoms with E-state index in [0.29, 0.717) is 19.0 Å². The first-order valence-corrected chi connectivity index (χ1v) is 10.1. The quantitative estimate of drug-likeness (QED) is 0.793. The fourth-order valence-corrected chi connectivity index (χ4v) is 3.92. The third-order valence-electron chi connectivity index (χ3n) is 5.65. The summed E-state index contributed by atoms with van der Waals surface area (Å²) in [6, 6.07) is 13.5. The first-order chi connectivity index (χ1) is 14.2. The number of hydrogen-bond acceptors (Lipinski definition) is 5. The predicted molar refractivity (Wildman–Crippen MR) is 111 cm³/mol. The van der Waals surface area contributed by atoms with E-state index in [2.05, 4.69) is 16.3 Å². The van der Waals surface area contributed by atoms with Crippen LogP contribution in [0.2, 0.25) is 0 Å². The van der Waals surface area contributed by atoms with Crippen LogP contribution in [0.15, 0.2) is 42.5 Å². The van der Waals surface area contributed by atoms with Crippen LogP contribution in [0.25, 0.3) is 0 Å². The molecule has 7 heteroatoms. The molecule has 29 heavy (non-hydrogen) atoms. The van der Waals surface area contributed by atoms with Gasteiger partial charge in [-0.05, 0) is 31.2 Å². The van der Waals surface area contributed by atoms with Gasteiger partial charge in [-0.15, -0.1) is 0 Å². The number of nitrogens with zero attached hydrogens (tertiary/aromatic N) is 1. The van der Waals surface area contributed by atoms with Gasteiger partial charge in [-0.1, -0.05) is 12.1 Å². The number of methoxy groups -OCH3 is 1. The van der Waals surface area contributed by atoms with Crippen molar-refractivity contribution in [2.45, 2.75) is 13.0 Å². The number of carbonyl (C=O) groups excluding carboxylic acids is 1. The molecule has 2 aliphatic heterocycles. The molecule has 0 aromatic heterocycles. The topological polar surface area (TPSA) is 64.5 Å². The monoisotopic (exact) mass is 398 g/mol. The van der Waals surface area contributed by atoms with Crippen LogP contribution < -0.4 is 29.3 Å². The van der Waals surface area contributed by atoms with E-state index in [1.165, 1.54) is 4.90 Å². The van der Waals surface area contributed by atoms with Crippen molar-refractivity contribution in [3.8, 4) is 17.2 Å². The molecule has 2 aromatic carbocycles. The minimum Gasteiger partial charge on any atom is -0.495 e. The zero-order valence-electron chi connectivity index (χ0n) is 16.9. The summed E-state index contributed by atoms with van der Waals surface area (Å²) in [5, 5.41) is 3.02. The second kappa shape index (κ2) is 8.61. The number of ether oxygens (including phenoxy) is 3. The van der Waals surface area contributed by atoms with Gasteiger partial charge in [0.2, 0.25) is 0 Å². The number of nitrogens with one attached hydrogen (secondary N) is 2. The van der Waals surface area contributed by atoms with E-state index in [-0.39, 0.29) is 11.9 Å². The zero-order valence-corrected chi connectivity index (χ0v) is 16.9. The number of para-hydroxylation sites is 2. The summed E-state index contributed by atoms with van der Waals surface area (Å²) in [6.45, 7) is 6.64. The standard InChI is InChI=1S/C22H27N3O4/c1-16(22(26)23-17-7-8-20-21(15-17)29-14-13-28-20)24-9-11-25(12-10-24)18-5-3-4-6-19(18)27-2/h3-8,15-16H,9-14H2,1-2H3,(H,23,26)/p+1/t16-/m1/s1. The van der Waals surface area contributed by atoms with Crippen molar-refractivity contribution < 1.29 is 23.9 Å². The maximum atomic E-state index is 12.8. The number of piperazine rings is 1. The van der Waals surface area contributed by atoms with Gasteiger partial charge in [0.15, 0.2) is 17.5 Å². The molecule has 0 aliphatic carbocycles. The molecule has 2 aromatic rings. The van der Waals surface area contributed by atoms with Crippen molar-refractivity contribution >= 4 is 17.3 Å². The molecule has 0 spiro atoms. The zero-order chi connectivity index (χ0) is 20.2. The Morgan fingerprint density at radius 3 is 2.59 bits per heavy atom. The van der Waals surface area contributed by atoms with Crippen molar-refractivity contribution in [1.29, 1.82) is 0 Å². The fourth-order valence-electron chi connectivity index (χ4n) is 3.92. The van der Waals surface area contributed by atoms with E-state index in [1.54, 1.807) is 7.11 Å². The Hall–Kier alpha value is -2.93. The van der Waals surface area contributed by atoms with Gasteiger partial charge >= 0.3 is 0 Å². The second-order valence-electron chi connectivity index (χ2n) is 7.39. The number of fused-ring (bicyclic) bond motifs is 1. The number of hydrogen-bond donors (Lipinski definition) is 2. The van der Waals surface area contributed by atoms with Crippen LogP contribution in [-0.4, -0.2) is 58.5 Å². The molecule has 2 aliphatic rings. The van der Waals surface area contributed by atoms with Crippen LogP contribution in [0.5, 0.6) is 17.2 Å². The first kappa shape index (κ1) is 19.4. The summed E-state index contributed by atoms with van der Waals surface area (Å²) in [5.74, 6) is 2.31. The second-order valence-corrected chi connectivity index (χ2v) is 7.39. The summed E-state index contributed by atoms with van der Waals surface area (Å²) in [6.07, 6.45) is 0. The molecule has 1 fully saturated rings. The van der Waals surface area contributed by atoms with E-state index in [1.807, 2.05) is 43.3 Å². The van der Waals surface area contributed by atoms with Gasteiger partial charge in [0, 0.05) is 11.8 Å². The summed E-state index contributed by atoms with van der Waals surface area (Å²) < 4.78 is 16.6. The van der Waals surface area contributed by atoms with Gasteiger partial charge in [0.05, 0.1) is 39.0 Å². The van der Waals surface area contributed by atoms with Gasteiger partial charge in [-0.25, -0.2) is 0 Å². The minimum atomic E-state index is -0.136. The van der Waals surface area contributed by atoms with Crippen molar-refractivity contribution in [3.05, 3.63) is 42.5 Å². The Morgan fingerprint density at radius 1 is 1.10 bits per heavy atom. The molecule has 0 radical (unpaired) electrons. The van der Waals surface area contributed by atoms with Crippen LogP contribution in [-0.2, 0) is 4.79 Å². The molecule has 4 rings (SSSR count).